The fraction of sp³-hybridized carbons (Fsp3) is 0.545. The molecule has 0 saturated heterocycles. The largest absolute Gasteiger partial charge is 0.389 e. The molecule has 0 fully saturated rings. The number of hydrogen-bond donors (Lipinski definition) is 1. The molecule has 2 aliphatic rings. The van der Waals surface area contributed by atoms with Crippen LogP contribution in [-0.4, -0.2) is 16.9 Å². The van der Waals surface area contributed by atoms with Gasteiger partial charge in [-0.15, -0.1) is 0 Å². The third-order valence-corrected chi connectivity index (χ3v) is 3.15. The highest BCUT2D eigenvalue weighted by atomic mass is 16.3. The van der Waals surface area contributed by atoms with E-state index in [1.807, 2.05) is 12.2 Å². The molecule has 1 N–H and O–H groups in total. The predicted octanol–water partition coefficient (Wildman–Crippen LogP) is 2.06. The maximum Gasteiger partial charge on any atom is 0.0763 e. The van der Waals surface area contributed by atoms with Crippen molar-refractivity contribution in [3.05, 3.63) is 23.4 Å². The van der Waals surface area contributed by atoms with Crippen LogP contribution in [0.5, 0.6) is 0 Å². The van der Waals surface area contributed by atoms with Gasteiger partial charge in [-0.1, -0.05) is 19.9 Å². The number of aliphatic hydroxyl groups is 1. The standard InChI is InChI=1S/C11H15NO/c1-7-11(2,3)9-6-8(13)4-5-10(9)12-7/h4-5,8,13H,6H2,1-3H3. The molecule has 1 aliphatic carbocycles. The SMILES string of the molecule is CC1=NC2=C(CC(O)C=C2)C1(C)C. The van der Waals surface area contributed by atoms with Gasteiger partial charge in [0.25, 0.3) is 0 Å². The molecule has 0 radical (unpaired) electrons. The third kappa shape index (κ3) is 1.17. The van der Waals surface area contributed by atoms with Crippen LogP contribution < -0.4 is 0 Å². The Kier molecular flexibility index (Phi) is 1.70. The first-order valence-electron chi connectivity index (χ1n) is 4.67. The molecule has 2 nitrogen and oxygen atoms in total. The monoisotopic (exact) mass is 177 g/mol. The summed E-state index contributed by atoms with van der Waals surface area (Å²) >= 11 is 0. The van der Waals surface area contributed by atoms with Crippen LogP contribution in [0.3, 0.4) is 0 Å². The topological polar surface area (TPSA) is 32.6 Å². The van der Waals surface area contributed by atoms with Crippen molar-refractivity contribution in [1.82, 2.24) is 0 Å². The zero-order valence-electron chi connectivity index (χ0n) is 8.33. The second-order valence-electron chi connectivity index (χ2n) is 4.32. The number of hydrogen-bond acceptors (Lipinski definition) is 2. The normalized spacial score (nSPS) is 30.5. The van der Waals surface area contributed by atoms with Crippen LogP contribution in [0.4, 0.5) is 0 Å². The quantitative estimate of drug-likeness (QED) is 0.603. The molecule has 2 heteroatoms. The van der Waals surface area contributed by atoms with Crippen molar-refractivity contribution in [2.24, 2.45) is 10.4 Å². The zero-order valence-corrected chi connectivity index (χ0v) is 8.33. The fourth-order valence-electron chi connectivity index (χ4n) is 1.90. The number of rotatable bonds is 0. The van der Waals surface area contributed by atoms with Gasteiger partial charge >= 0.3 is 0 Å². The van der Waals surface area contributed by atoms with Crippen LogP contribution in [0.2, 0.25) is 0 Å². The molecule has 1 aliphatic heterocycles. The van der Waals surface area contributed by atoms with Crippen LogP contribution in [0.15, 0.2) is 28.4 Å². The zero-order chi connectivity index (χ0) is 9.64. The minimum absolute atomic E-state index is 0.0427. The highest BCUT2D eigenvalue weighted by Crippen LogP contribution is 2.41. The Morgan fingerprint density at radius 2 is 2.23 bits per heavy atom. The average molecular weight is 177 g/mol. The summed E-state index contributed by atoms with van der Waals surface area (Å²) in [6.45, 7) is 6.39. The highest BCUT2D eigenvalue weighted by molar-refractivity contribution is 5.94. The molecule has 1 unspecified atom stereocenters. The fourth-order valence-corrected chi connectivity index (χ4v) is 1.90. The lowest BCUT2D eigenvalue weighted by molar-refractivity contribution is 0.216. The summed E-state index contributed by atoms with van der Waals surface area (Å²) in [6.07, 6.45) is 4.16. The maximum absolute atomic E-state index is 9.50. The van der Waals surface area contributed by atoms with Crippen LogP contribution in [0, 0.1) is 5.41 Å². The van der Waals surface area contributed by atoms with E-state index < -0.39 is 0 Å². The van der Waals surface area contributed by atoms with E-state index in [9.17, 15) is 5.11 Å². The first-order chi connectivity index (χ1) is 6.01. The summed E-state index contributed by atoms with van der Waals surface area (Å²) in [5, 5.41) is 9.50. The molecule has 0 bridgehead atoms. The number of allylic oxidation sites excluding steroid dienone is 1. The minimum Gasteiger partial charge on any atom is -0.389 e. The molecule has 0 saturated carbocycles. The van der Waals surface area contributed by atoms with Gasteiger partial charge in [-0.3, -0.25) is 4.99 Å². The van der Waals surface area contributed by atoms with Gasteiger partial charge in [0.2, 0.25) is 0 Å². The molecule has 0 spiro atoms. The van der Waals surface area contributed by atoms with Crippen molar-refractivity contribution in [2.45, 2.75) is 33.3 Å². The van der Waals surface area contributed by atoms with Gasteiger partial charge in [0, 0.05) is 17.5 Å². The van der Waals surface area contributed by atoms with Crippen LogP contribution >= 0.6 is 0 Å². The van der Waals surface area contributed by atoms with E-state index >= 15 is 0 Å². The lowest BCUT2D eigenvalue weighted by Gasteiger charge is -2.26. The van der Waals surface area contributed by atoms with Crippen LogP contribution in [0.25, 0.3) is 0 Å². The van der Waals surface area contributed by atoms with Gasteiger partial charge in [0.05, 0.1) is 11.8 Å². The average Bonchev–Trinajstić information content (AvgIpc) is 2.27. The number of nitrogens with zero attached hydrogens (tertiary/aromatic N) is 1. The van der Waals surface area contributed by atoms with Gasteiger partial charge in [-0.05, 0) is 18.6 Å². The van der Waals surface area contributed by atoms with E-state index in [1.54, 1.807) is 0 Å². The predicted molar refractivity (Wildman–Crippen MR) is 53.7 cm³/mol. The lowest BCUT2D eigenvalue weighted by atomic mass is 9.77. The Morgan fingerprint density at radius 3 is 2.92 bits per heavy atom. The van der Waals surface area contributed by atoms with Gasteiger partial charge in [0.1, 0.15) is 0 Å². The third-order valence-electron chi connectivity index (χ3n) is 3.15. The van der Waals surface area contributed by atoms with E-state index in [4.69, 9.17) is 0 Å². The van der Waals surface area contributed by atoms with Crippen molar-refractivity contribution in [3.8, 4) is 0 Å². The van der Waals surface area contributed by atoms with Crippen molar-refractivity contribution < 1.29 is 5.11 Å². The summed E-state index contributed by atoms with van der Waals surface area (Å²) in [5.74, 6) is 0. The van der Waals surface area contributed by atoms with Gasteiger partial charge in [0.15, 0.2) is 0 Å². The molecule has 0 aromatic carbocycles. The molecule has 2 rings (SSSR count). The summed E-state index contributed by atoms with van der Waals surface area (Å²) in [7, 11) is 0. The number of aliphatic imine (C=N–C) groups is 1. The Morgan fingerprint density at radius 1 is 1.54 bits per heavy atom. The molecule has 70 valence electrons. The second-order valence-corrected chi connectivity index (χ2v) is 4.32. The van der Waals surface area contributed by atoms with E-state index in [2.05, 4.69) is 25.8 Å². The van der Waals surface area contributed by atoms with Crippen LogP contribution in [0.1, 0.15) is 27.2 Å². The Labute approximate surface area is 78.7 Å². The summed E-state index contributed by atoms with van der Waals surface area (Å²) in [6, 6.07) is 0. The Bertz CT molecular complexity index is 334. The first kappa shape index (κ1) is 8.70. The minimum atomic E-state index is -0.320. The molecule has 1 heterocycles. The lowest BCUT2D eigenvalue weighted by Crippen LogP contribution is -2.24. The van der Waals surface area contributed by atoms with Crippen molar-refractivity contribution >= 4 is 5.71 Å². The molecular weight excluding hydrogens is 162 g/mol. The van der Waals surface area contributed by atoms with E-state index in [1.165, 1.54) is 5.57 Å². The molecule has 1 atom stereocenters. The van der Waals surface area contributed by atoms with Crippen molar-refractivity contribution in [1.29, 1.82) is 0 Å². The van der Waals surface area contributed by atoms with Gasteiger partial charge < -0.3 is 5.11 Å². The Balaban J connectivity index is 2.43. The van der Waals surface area contributed by atoms with Gasteiger partial charge in [-0.2, -0.15) is 0 Å². The Hall–Kier alpha value is -0.890. The summed E-state index contributed by atoms with van der Waals surface area (Å²) < 4.78 is 0. The number of aliphatic hydroxyl groups excluding tert-OH is 1. The molecule has 0 amide bonds. The van der Waals surface area contributed by atoms with Crippen LogP contribution in [-0.2, 0) is 0 Å². The van der Waals surface area contributed by atoms with Crippen molar-refractivity contribution in [2.75, 3.05) is 0 Å². The summed E-state index contributed by atoms with van der Waals surface area (Å²) in [4.78, 5) is 4.50. The second kappa shape index (κ2) is 2.55. The molecule has 0 aromatic heterocycles. The van der Waals surface area contributed by atoms with E-state index in [0.29, 0.717) is 0 Å². The molecule has 0 aromatic rings. The van der Waals surface area contributed by atoms with E-state index in [-0.39, 0.29) is 11.5 Å². The molecule has 13 heavy (non-hydrogen) atoms. The first-order valence-corrected chi connectivity index (χ1v) is 4.67. The molecular formula is C11H15NO. The van der Waals surface area contributed by atoms with Gasteiger partial charge in [-0.25, -0.2) is 0 Å². The smallest absolute Gasteiger partial charge is 0.0763 e. The summed E-state index contributed by atoms with van der Waals surface area (Å²) in [5.41, 5.74) is 3.53. The van der Waals surface area contributed by atoms with Crippen molar-refractivity contribution in [3.63, 3.8) is 0 Å². The highest BCUT2D eigenvalue weighted by Gasteiger charge is 2.35. The van der Waals surface area contributed by atoms with E-state index in [0.717, 1.165) is 17.8 Å². The maximum atomic E-state index is 9.50.